The summed E-state index contributed by atoms with van der Waals surface area (Å²) in [5, 5.41) is 3.17. The first-order chi connectivity index (χ1) is 9.41. The Morgan fingerprint density at radius 2 is 1.11 bits per heavy atom. The van der Waals surface area contributed by atoms with E-state index in [2.05, 4.69) is 12.2 Å². The molecule has 2 heteroatoms. The van der Waals surface area contributed by atoms with E-state index in [-0.39, 0.29) is 0 Å². The van der Waals surface area contributed by atoms with Gasteiger partial charge in [-0.25, -0.2) is 0 Å². The molecular weight excluding hydrogens is 232 g/mol. The average molecular weight is 268 g/mol. The van der Waals surface area contributed by atoms with Crippen LogP contribution in [0.2, 0.25) is 0 Å². The van der Waals surface area contributed by atoms with E-state index in [1.807, 2.05) is 6.20 Å². The van der Waals surface area contributed by atoms with Crippen LogP contribution in [0.15, 0.2) is 12.4 Å². The van der Waals surface area contributed by atoms with Gasteiger partial charge in [0.25, 0.3) is 0 Å². The first-order valence-electron chi connectivity index (χ1n) is 8.52. The standard InChI is InChI=1S/C17H36N2/c1-2-3-4-5-6-7-8-9-10-11-12-13-14-16-19-17-15-18/h15,17,19H,2-14,16,18H2,1H3/b17-15+. The van der Waals surface area contributed by atoms with E-state index >= 15 is 0 Å². The summed E-state index contributed by atoms with van der Waals surface area (Å²) < 4.78 is 0. The Bertz CT molecular complexity index is 178. The predicted molar refractivity (Wildman–Crippen MR) is 87.0 cm³/mol. The summed E-state index contributed by atoms with van der Waals surface area (Å²) in [6.07, 6.45) is 21.7. The average Bonchev–Trinajstić information content (AvgIpc) is 2.43. The van der Waals surface area contributed by atoms with Crippen molar-refractivity contribution in [1.29, 1.82) is 0 Å². The fourth-order valence-corrected chi connectivity index (χ4v) is 2.40. The highest BCUT2D eigenvalue weighted by molar-refractivity contribution is 4.71. The molecule has 3 N–H and O–H groups in total. The maximum atomic E-state index is 5.24. The van der Waals surface area contributed by atoms with E-state index < -0.39 is 0 Å². The van der Waals surface area contributed by atoms with Crippen molar-refractivity contribution in [2.24, 2.45) is 5.73 Å². The maximum Gasteiger partial charge on any atom is 0.0141 e. The molecule has 2 nitrogen and oxygen atoms in total. The Kier molecular flexibility index (Phi) is 16.7. The van der Waals surface area contributed by atoms with Crippen LogP contribution in [0, 0.1) is 0 Å². The molecule has 0 rings (SSSR count). The Hall–Kier alpha value is -0.660. The van der Waals surface area contributed by atoms with E-state index in [0.29, 0.717) is 0 Å². The third-order valence-electron chi connectivity index (χ3n) is 3.64. The maximum absolute atomic E-state index is 5.24. The van der Waals surface area contributed by atoms with Gasteiger partial charge in [0.05, 0.1) is 0 Å². The van der Waals surface area contributed by atoms with E-state index in [1.54, 1.807) is 6.20 Å². The molecule has 19 heavy (non-hydrogen) atoms. The van der Waals surface area contributed by atoms with Crippen molar-refractivity contribution in [3.63, 3.8) is 0 Å². The Morgan fingerprint density at radius 3 is 1.53 bits per heavy atom. The van der Waals surface area contributed by atoms with Gasteiger partial charge in [0.1, 0.15) is 0 Å². The van der Waals surface area contributed by atoms with E-state index in [1.165, 1.54) is 83.5 Å². The first kappa shape index (κ1) is 18.3. The minimum absolute atomic E-state index is 1.06. The van der Waals surface area contributed by atoms with Crippen LogP contribution in [0.4, 0.5) is 0 Å². The number of nitrogens with one attached hydrogen (secondary N) is 1. The Morgan fingerprint density at radius 1 is 0.684 bits per heavy atom. The molecule has 0 aliphatic carbocycles. The molecule has 0 aromatic rings. The van der Waals surface area contributed by atoms with Crippen molar-refractivity contribution in [2.75, 3.05) is 6.54 Å². The number of hydrogen-bond acceptors (Lipinski definition) is 2. The third kappa shape index (κ3) is 17.3. The topological polar surface area (TPSA) is 38.0 Å². The van der Waals surface area contributed by atoms with Gasteiger partial charge >= 0.3 is 0 Å². The largest absolute Gasteiger partial charge is 0.403 e. The molecule has 0 bridgehead atoms. The lowest BCUT2D eigenvalue weighted by Crippen LogP contribution is -2.07. The summed E-state index contributed by atoms with van der Waals surface area (Å²) >= 11 is 0. The molecule has 0 saturated heterocycles. The van der Waals surface area contributed by atoms with Crippen molar-refractivity contribution < 1.29 is 0 Å². The van der Waals surface area contributed by atoms with Crippen molar-refractivity contribution in [3.05, 3.63) is 12.4 Å². The molecule has 0 aromatic heterocycles. The highest BCUT2D eigenvalue weighted by atomic mass is 14.8. The molecular formula is C17H36N2. The molecule has 0 spiro atoms. The summed E-state index contributed by atoms with van der Waals surface area (Å²) in [6, 6.07) is 0. The Labute approximate surface area is 121 Å². The summed E-state index contributed by atoms with van der Waals surface area (Å²) in [5.41, 5.74) is 5.24. The second-order valence-corrected chi connectivity index (χ2v) is 5.56. The number of unbranched alkanes of at least 4 members (excludes halogenated alkanes) is 12. The fourth-order valence-electron chi connectivity index (χ4n) is 2.40. The van der Waals surface area contributed by atoms with Gasteiger partial charge in [-0.05, 0) is 6.42 Å². The smallest absolute Gasteiger partial charge is 0.0141 e. The quantitative estimate of drug-likeness (QED) is 0.406. The van der Waals surface area contributed by atoms with Crippen molar-refractivity contribution in [1.82, 2.24) is 5.32 Å². The van der Waals surface area contributed by atoms with Gasteiger partial charge in [-0.3, -0.25) is 0 Å². The lowest BCUT2D eigenvalue weighted by atomic mass is 10.0. The van der Waals surface area contributed by atoms with Crippen LogP contribution in [-0.2, 0) is 0 Å². The van der Waals surface area contributed by atoms with Crippen LogP contribution in [0.25, 0.3) is 0 Å². The Balaban J connectivity index is 2.91. The molecule has 0 saturated carbocycles. The molecule has 0 aromatic carbocycles. The minimum Gasteiger partial charge on any atom is -0.403 e. The van der Waals surface area contributed by atoms with Crippen LogP contribution >= 0.6 is 0 Å². The second kappa shape index (κ2) is 17.3. The van der Waals surface area contributed by atoms with Crippen LogP contribution in [0.1, 0.15) is 90.4 Å². The summed E-state index contributed by atoms with van der Waals surface area (Å²) in [6.45, 7) is 3.34. The second-order valence-electron chi connectivity index (χ2n) is 5.56. The SMILES string of the molecule is CCCCCCCCCCCCCCCN/C=C/N. The lowest BCUT2D eigenvalue weighted by Gasteiger charge is -2.03. The van der Waals surface area contributed by atoms with Crippen molar-refractivity contribution >= 4 is 0 Å². The highest BCUT2D eigenvalue weighted by Gasteiger charge is 1.93. The van der Waals surface area contributed by atoms with Gasteiger partial charge in [-0.1, -0.05) is 84.0 Å². The van der Waals surface area contributed by atoms with Gasteiger partial charge in [-0.15, -0.1) is 0 Å². The molecule has 114 valence electrons. The lowest BCUT2D eigenvalue weighted by molar-refractivity contribution is 0.538. The molecule has 0 aliphatic heterocycles. The number of hydrogen-bond donors (Lipinski definition) is 2. The van der Waals surface area contributed by atoms with Gasteiger partial charge in [0, 0.05) is 18.9 Å². The van der Waals surface area contributed by atoms with Crippen LogP contribution in [-0.4, -0.2) is 6.54 Å². The van der Waals surface area contributed by atoms with E-state index in [9.17, 15) is 0 Å². The fraction of sp³-hybridized carbons (Fsp3) is 0.882. The normalized spacial score (nSPS) is 11.2. The summed E-state index contributed by atoms with van der Waals surface area (Å²) in [7, 11) is 0. The third-order valence-corrected chi connectivity index (χ3v) is 3.64. The van der Waals surface area contributed by atoms with Gasteiger partial charge in [-0.2, -0.15) is 0 Å². The van der Waals surface area contributed by atoms with Gasteiger partial charge in [0.15, 0.2) is 0 Å². The number of rotatable bonds is 15. The minimum atomic E-state index is 1.06. The van der Waals surface area contributed by atoms with E-state index in [4.69, 9.17) is 5.73 Å². The predicted octanol–water partition coefficient (Wildman–Crippen LogP) is 5.10. The van der Waals surface area contributed by atoms with Crippen molar-refractivity contribution in [2.45, 2.75) is 90.4 Å². The molecule has 0 amide bonds. The van der Waals surface area contributed by atoms with Crippen molar-refractivity contribution in [3.8, 4) is 0 Å². The zero-order chi connectivity index (χ0) is 14.0. The molecule has 0 atom stereocenters. The summed E-state index contributed by atoms with van der Waals surface area (Å²) in [4.78, 5) is 0. The van der Waals surface area contributed by atoms with E-state index in [0.717, 1.165) is 6.54 Å². The first-order valence-corrected chi connectivity index (χ1v) is 8.52. The van der Waals surface area contributed by atoms with Gasteiger partial charge < -0.3 is 11.1 Å². The summed E-state index contributed by atoms with van der Waals surface area (Å²) in [5.74, 6) is 0. The van der Waals surface area contributed by atoms with Gasteiger partial charge in [0.2, 0.25) is 0 Å². The van der Waals surface area contributed by atoms with Crippen LogP contribution in [0.3, 0.4) is 0 Å². The zero-order valence-corrected chi connectivity index (χ0v) is 13.1. The van der Waals surface area contributed by atoms with Crippen LogP contribution < -0.4 is 11.1 Å². The molecule has 0 unspecified atom stereocenters. The molecule has 0 fully saturated rings. The monoisotopic (exact) mass is 268 g/mol. The zero-order valence-electron chi connectivity index (χ0n) is 13.1. The molecule has 0 radical (unpaired) electrons. The molecule has 0 heterocycles. The number of nitrogens with two attached hydrogens (primary N) is 1. The van der Waals surface area contributed by atoms with Crippen LogP contribution in [0.5, 0.6) is 0 Å². The molecule has 0 aliphatic rings. The highest BCUT2D eigenvalue weighted by Crippen LogP contribution is 2.12.